The van der Waals surface area contributed by atoms with Gasteiger partial charge in [-0.25, -0.2) is 4.98 Å². The summed E-state index contributed by atoms with van der Waals surface area (Å²) in [5.41, 5.74) is 3.13. The lowest BCUT2D eigenvalue weighted by molar-refractivity contribution is 0.0929. The molecule has 8 heteroatoms. The fraction of sp³-hybridized carbons (Fsp3) is 0.273. The standard InChI is InChI=1S/C22H23N5O3/c1-14-10-16(11-23)4-6-18(14)19-13-25-27(22(19)29)20-7-5-17(12-24-20)21(28)26-15(2)8-9-30-3/h4-7,10,12-13,15,29H,8-9H2,1-3H3,(H,26,28)/t15-/m1/s1. The first-order valence-electron chi connectivity index (χ1n) is 9.49. The fourth-order valence-electron chi connectivity index (χ4n) is 3.05. The number of ether oxygens (including phenoxy) is 1. The van der Waals surface area contributed by atoms with Gasteiger partial charge < -0.3 is 15.2 Å². The normalized spacial score (nSPS) is 11.7. The summed E-state index contributed by atoms with van der Waals surface area (Å²) in [6, 6.07) is 10.6. The molecule has 0 unspecified atom stereocenters. The van der Waals surface area contributed by atoms with Crippen LogP contribution in [0, 0.1) is 18.3 Å². The second-order valence-corrected chi connectivity index (χ2v) is 7.00. The van der Waals surface area contributed by atoms with E-state index in [9.17, 15) is 9.90 Å². The molecule has 1 atom stereocenters. The summed E-state index contributed by atoms with van der Waals surface area (Å²) in [5, 5.41) is 26.8. The first-order valence-corrected chi connectivity index (χ1v) is 9.49. The number of methoxy groups -OCH3 is 1. The number of aryl methyl sites for hydroxylation is 1. The van der Waals surface area contributed by atoms with E-state index in [1.54, 1.807) is 43.6 Å². The highest BCUT2D eigenvalue weighted by atomic mass is 16.5. The lowest BCUT2D eigenvalue weighted by atomic mass is 10.0. The van der Waals surface area contributed by atoms with Crippen molar-refractivity contribution in [3.63, 3.8) is 0 Å². The summed E-state index contributed by atoms with van der Waals surface area (Å²) in [6.45, 7) is 4.34. The Morgan fingerprint density at radius 3 is 2.73 bits per heavy atom. The number of pyridine rings is 1. The molecule has 2 aromatic heterocycles. The van der Waals surface area contributed by atoms with E-state index >= 15 is 0 Å². The van der Waals surface area contributed by atoms with E-state index < -0.39 is 0 Å². The minimum Gasteiger partial charge on any atom is -0.493 e. The number of amides is 1. The van der Waals surface area contributed by atoms with Crippen LogP contribution in [0.15, 0.2) is 42.7 Å². The highest BCUT2D eigenvalue weighted by Crippen LogP contribution is 2.33. The highest BCUT2D eigenvalue weighted by molar-refractivity contribution is 5.94. The van der Waals surface area contributed by atoms with E-state index in [1.165, 1.54) is 10.9 Å². The molecule has 0 aliphatic heterocycles. The van der Waals surface area contributed by atoms with E-state index in [1.807, 2.05) is 13.8 Å². The second kappa shape index (κ2) is 9.20. The van der Waals surface area contributed by atoms with Crippen LogP contribution in [0.1, 0.15) is 34.8 Å². The molecule has 1 amide bonds. The molecule has 0 radical (unpaired) electrons. The van der Waals surface area contributed by atoms with Crippen molar-refractivity contribution in [3.05, 3.63) is 59.4 Å². The Morgan fingerprint density at radius 2 is 2.10 bits per heavy atom. The number of carbonyl (C=O) groups excluding carboxylic acids is 1. The van der Waals surface area contributed by atoms with Crippen molar-refractivity contribution in [1.82, 2.24) is 20.1 Å². The predicted molar refractivity (Wildman–Crippen MR) is 111 cm³/mol. The molecular weight excluding hydrogens is 382 g/mol. The van der Waals surface area contributed by atoms with Gasteiger partial charge >= 0.3 is 0 Å². The average Bonchev–Trinajstić information content (AvgIpc) is 3.13. The number of benzene rings is 1. The summed E-state index contributed by atoms with van der Waals surface area (Å²) in [5.74, 6) is 0.0889. The minimum absolute atomic E-state index is 0.0227. The molecule has 0 fully saturated rings. The SMILES string of the molecule is COCC[C@@H](C)NC(=O)c1ccc(-n2ncc(-c3ccc(C#N)cc3C)c2O)nc1. The average molecular weight is 405 g/mol. The number of aromatic nitrogens is 3. The van der Waals surface area contributed by atoms with Crippen LogP contribution in [0.5, 0.6) is 5.88 Å². The zero-order chi connectivity index (χ0) is 21.7. The van der Waals surface area contributed by atoms with Gasteiger partial charge in [-0.2, -0.15) is 15.0 Å². The van der Waals surface area contributed by atoms with E-state index in [2.05, 4.69) is 21.5 Å². The maximum absolute atomic E-state index is 12.3. The number of nitrogens with zero attached hydrogens (tertiary/aromatic N) is 4. The molecule has 0 aliphatic rings. The molecule has 0 spiro atoms. The van der Waals surface area contributed by atoms with Gasteiger partial charge in [0.15, 0.2) is 5.82 Å². The van der Waals surface area contributed by atoms with Crippen LogP contribution in [0.3, 0.4) is 0 Å². The van der Waals surface area contributed by atoms with Crippen molar-refractivity contribution in [3.8, 4) is 28.9 Å². The molecule has 30 heavy (non-hydrogen) atoms. The first-order chi connectivity index (χ1) is 14.4. The van der Waals surface area contributed by atoms with Crippen molar-refractivity contribution >= 4 is 5.91 Å². The Kier molecular flexibility index (Phi) is 6.45. The summed E-state index contributed by atoms with van der Waals surface area (Å²) >= 11 is 0. The molecule has 3 rings (SSSR count). The zero-order valence-electron chi connectivity index (χ0n) is 17.1. The van der Waals surface area contributed by atoms with Crippen molar-refractivity contribution in [1.29, 1.82) is 5.26 Å². The Labute approximate surface area is 174 Å². The molecular formula is C22H23N5O3. The van der Waals surface area contributed by atoms with E-state index in [0.717, 1.165) is 11.1 Å². The van der Waals surface area contributed by atoms with Gasteiger partial charge in [0.25, 0.3) is 5.91 Å². The van der Waals surface area contributed by atoms with Gasteiger partial charge in [0, 0.05) is 26.0 Å². The number of carbonyl (C=O) groups is 1. The van der Waals surface area contributed by atoms with Crippen LogP contribution < -0.4 is 5.32 Å². The number of nitriles is 1. The Morgan fingerprint density at radius 1 is 1.30 bits per heavy atom. The number of hydrogen-bond donors (Lipinski definition) is 2. The van der Waals surface area contributed by atoms with Gasteiger partial charge in [-0.3, -0.25) is 4.79 Å². The predicted octanol–water partition coefficient (Wildman–Crippen LogP) is 2.97. The van der Waals surface area contributed by atoms with Gasteiger partial charge in [-0.1, -0.05) is 6.07 Å². The summed E-state index contributed by atoms with van der Waals surface area (Å²) in [6.07, 6.45) is 3.71. The number of rotatable bonds is 7. The molecule has 0 aliphatic carbocycles. The largest absolute Gasteiger partial charge is 0.493 e. The second-order valence-electron chi connectivity index (χ2n) is 7.00. The zero-order valence-corrected chi connectivity index (χ0v) is 17.1. The number of aromatic hydroxyl groups is 1. The first kappa shape index (κ1) is 21.0. The summed E-state index contributed by atoms with van der Waals surface area (Å²) in [7, 11) is 1.62. The third kappa shape index (κ3) is 4.47. The van der Waals surface area contributed by atoms with E-state index in [0.29, 0.717) is 35.5 Å². The topological polar surface area (TPSA) is 113 Å². The van der Waals surface area contributed by atoms with Gasteiger partial charge in [0.1, 0.15) is 0 Å². The maximum atomic E-state index is 12.3. The highest BCUT2D eigenvalue weighted by Gasteiger charge is 2.16. The summed E-state index contributed by atoms with van der Waals surface area (Å²) in [4.78, 5) is 16.6. The van der Waals surface area contributed by atoms with Gasteiger partial charge in [0.2, 0.25) is 5.88 Å². The Balaban J connectivity index is 1.79. The molecule has 0 bridgehead atoms. The molecule has 3 aromatic rings. The van der Waals surface area contributed by atoms with Crippen molar-refractivity contribution in [2.45, 2.75) is 26.3 Å². The van der Waals surface area contributed by atoms with Crippen LogP contribution in [0.2, 0.25) is 0 Å². The smallest absolute Gasteiger partial charge is 0.253 e. The monoisotopic (exact) mass is 405 g/mol. The lowest BCUT2D eigenvalue weighted by Gasteiger charge is -2.13. The molecule has 154 valence electrons. The molecule has 0 saturated carbocycles. The van der Waals surface area contributed by atoms with Crippen molar-refractivity contribution in [2.75, 3.05) is 13.7 Å². The van der Waals surface area contributed by atoms with E-state index in [-0.39, 0.29) is 17.8 Å². The molecule has 1 aromatic carbocycles. The molecule has 2 N–H and O–H groups in total. The Hall–Kier alpha value is -3.70. The minimum atomic E-state index is -0.226. The third-order valence-corrected chi connectivity index (χ3v) is 4.75. The fourth-order valence-corrected chi connectivity index (χ4v) is 3.05. The van der Waals surface area contributed by atoms with Crippen LogP contribution in [0.25, 0.3) is 16.9 Å². The molecule has 0 saturated heterocycles. The number of nitrogens with one attached hydrogen (secondary N) is 1. The van der Waals surface area contributed by atoms with Gasteiger partial charge in [-0.15, -0.1) is 0 Å². The van der Waals surface area contributed by atoms with Crippen LogP contribution in [0.4, 0.5) is 0 Å². The van der Waals surface area contributed by atoms with Crippen LogP contribution in [-0.4, -0.2) is 45.5 Å². The maximum Gasteiger partial charge on any atom is 0.253 e. The lowest BCUT2D eigenvalue weighted by Crippen LogP contribution is -2.33. The van der Waals surface area contributed by atoms with Crippen LogP contribution in [-0.2, 0) is 4.74 Å². The molecule has 2 heterocycles. The molecule has 8 nitrogen and oxygen atoms in total. The Bertz CT molecular complexity index is 1080. The quantitative estimate of drug-likeness (QED) is 0.625. The van der Waals surface area contributed by atoms with Gasteiger partial charge in [-0.05, 0) is 55.7 Å². The van der Waals surface area contributed by atoms with E-state index in [4.69, 9.17) is 10.00 Å². The third-order valence-electron chi connectivity index (χ3n) is 4.75. The number of hydrogen-bond acceptors (Lipinski definition) is 6. The van der Waals surface area contributed by atoms with Crippen molar-refractivity contribution < 1.29 is 14.6 Å². The van der Waals surface area contributed by atoms with Gasteiger partial charge in [0.05, 0.1) is 29.0 Å². The van der Waals surface area contributed by atoms with Crippen LogP contribution >= 0.6 is 0 Å². The summed E-state index contributed by atoms with van der Waals surface area (Å²) < 4.78 is 6.32. The van der Waals surface area contributed by atoms with Crippen molar-refractivity contribution in [2.24, 2.45) is 0 Å².